The summed E-state index contributed by atoms with van der Waals surface area (Å²) in [4.78, 5) is 47.6. The number of carbonyl (C=O) groups excluding carboxylic acids is 4. The number of carbonyl (C=O) groups is 4. The Balaban J connectivity index is 2.98. The summed E-state index contributed by atoms with van der Waals surface area (Å²) in [5.74, 6) is -0.697. The van der Waals surface area contributed by atoms with E-state index in [-0.39, 0.29) is 29.9 Å². The predicted octanol–water partition coefficient (Wildman–Crippen LogP) is 0.953. The number of thiol groups is 1. The first kappa shape index (κ1) is 17.9. The molecule has 7 heteroatoms. The van der Waals surface area contributed by atoms with Gasteiger partial charge in [-0.3, -0.25) is 14.4 Å². The molecule has 0 aromatic heterocycles. The van der Waals surface area contributed by atoms with Crippen LogP contribution in [0.5, 0.6) is 0 Å². The number of hydrogen-bond acceptors (Lipinski definition) is 5. The van der Waals surface area contributed by atoms with Crippen molar-refractivity contribution >= 4 is 37.0 Å². The average molecular weight is 322 g/mol. The van der Waals surface area contributed by atoms with Gasteiger partial charge in [0, 0.05) is 31.0 Å². The van der Waals surface area contributed by atoms with E-state index in [2.05, 4.69) is 17.9 Å². The highest BCUT2D eigenvalue weighted by Gasteiger charge is 2.24. The maximum atomic E-state index is 12.5. The fourth-order valence-corrected chi connectivity index (χ4v) is 2.28. The van der Waals surface area contributed by atoms with Crippen molar-refractivity contribution in [1.82, 2.24) is 10.2 Å². The summed E-state index contributed by atoms with van der Waals surface area (Å²) in [5.41, 5.74) is 0.357. The standard InChI is InChI=1S/C15H18N2O4S/c1-16-13(20)7-6-11(9-19)17(2)15(21)14-10(8-18)4-3-5-12(14)22/h3-5,8-9,11,22H,6-7H2,1-2H3,(H,16,20). The number of hydrogen-bond donors (Lipinski definition) is 2. The van der Waals surface area contributed by atoms with E-state index in [1.165, 1.54) is 25.1 Å². The van der Waals surface area contributed by atoms with Crippen molar-refractivity contribution in [2.24, 2.45) is 0 Å². The van der Waals surface area contributed by atoms with Crippen LogP contribution in [0.2, 0.25) is 0 Å². The van der Waals surface area contributed by atoms with Crippen molar-refractivity contribution in [1.29, 1.82) is 0 Å². The van der Waals surface area contributed by atoms with E-state index >= 15 is 0 Å². The Labute approximate surface area is 134 Å². The smallest absolute Gasteiger partial charge is 0.256 e. The van der Waals surface area contributed by atoms with Crippen LogP contribution in [0.1, 0.15) is 33.6 Å². The van der Waals surface area contributed by atoms with Crippen molar-refractivity contribution < 1.29 is 19.2 Å². The minimum atomic E-state index is -0.753. The Morgan fingerprint density at radius 1 is 1.36 bits per heavy atom. The lowest BCUT2D eigenvalue weighted by Gasteiger charge is -2.24. The molecule has 0 bridgehead atoms. The lowest BCUT2D eigenvalue weighted by atomic mass is 10.1. The second-order valence-corrected chi connectivity index (χ2v) is 5.17. The van der Waals surface area contributed by atoms with Crippen molar-refractivity contribution in [3.05, 3.63) is 29.3 Å². The number of aldehydes is 2. The van der Waals surface area contributed by atoms with E-state index in [9.17, 15) is 19.2 Å². The second-order valence-electron chi connectivity index (χ2n) is 4.69. The van der Waals surface area contributed by atoms with Crippen LogP contribution < -0.4 is 5.32 Å². The van der Waals surface area contributed by atoms with Crippen molar-refractivity contribution in [2.45, 2.75) is 23.8 Å². The van der Waals surface area contributed by atoms with Gasteiger partial charge in [-0.05, 0) is 12.5 Å². The van der Waals surface area contributed by atoms with Crippen LogP contribution in [0.25, 0.3) is 0 Å². The van der Waals surface area contributed by atoms with Gasteiger partial charge < -0.3 is 15.0 Å². The predicted molar refractivity (Wildman–Crippen MR) is 84.3 cm³/mol. The van der Waals surface area contributed by atoms with Crippen LogP contribution in [0, 0.1) is 0 Å². The molecule has 22 heavy (non-hydrogen) atoms. The van der Waals surface area contributed by atoms with Crippen LogP contribution in [0.3, 0.4) is 0 Å². The van der Waals surface area contributed by atoms with Crippen LogP contribution >= 0.6 is 12.6 Å². The van der Waals surface area contributed by atoms with E-state index in [4.69, 9.17) is 0 Å². The third kappa shape index (κ3) is 4.17. The number of amides is 2. The van der Waals surface area contributed by atoms with Gasteiger partial charge in [-0.2, -0.15) is 0 Å². The summed E-state index contributed by atoms with van der Waals surface area (Å²) in [6.07, 6.45) is 1.51. The largest absolute Gasteiger partial charge is 0.359 e. The molecular formula is C15H18N2O4S. The Kier molecular flexibility index (Phi) is 6.78. The molecule has 0 aliphatic rings. The Morgan fingerprint density at radius 2 is 2.05 bits per heavy atom. The summed E-state index contributed by atoms with van der Waals surface area (Å²) < 4.78 is 0. The number of benzene rings is 1. The zero-order valence-electron chi connectivity index (χ0n) is 12.4. The van der Waals surface area contributed by atoms with E-state index in [0.29, 0.717) is 17.5 Å². The fraction of sp³-hybridized carbons (Fsp3) is 0.333. The van der Waals surface area contributed by atoms with Gasteiger partial charge in [-0.25, -0.2) is 0 Å². The summed E-state index contributed by atoms with van der Waals surface area (Å²) in [6.45, 7) is 0. The highest BCUT2D eigenvalue weighted by molar-refractivity contribution is 7.80. The zero-order chi connectivity index (χ0) is 16.7. The van der Waals surface area contributed by atoms with Gasteiger partial charge in [0.1, 0.15) is 6.29 Å². The fourth-order valence-electron chi connectivity index (χ4n) is 1.97. The van der Waals surface area contributed by atoms with Crippen molar-refractivity contribution in [2.75, 3.05) is 14.1 Å². The lowest BCUT2D eigenvalue weighted by molar-refractivity contribution is -0.121. The first-order valence-corrected chi connectivity index (χ1v) is 7.11. The molecule has 0 spiro atoms. The van der Waals surface area contributed by atoms with Crippen LogP contribution in [0.15, 0.2) is 23.1 Å². The average Bonchev–Trinajstić information content (AvgIpc) is 2.53. The molecule has 0 saturated heterocycles. The number of rotatable bonds is 7. The third-order valence-corrected chi connectivity index (χ3v) is 3.71. The van der Waals surface area contributed by atoms with Gasteiger partial charge in [0.25, 0.3) is 5.91 Å². The maximum absolute atomic E-state index is 12.5. The molecular weight excluding hydrogens is 304 g/mol. The molecule has 0 radical (unpaired) electrons. The lowest BCUT2D eigenvalue weighted by Crippen LogP contribution is -2.39. The summed E-state index contributed by atoms with van der Waals surface area (Å²) >= 11 is 4.19. The molecule has 1 N–H and O–H groups in total. The molecule has 6 nitrogen and oxygen atoms in total. The van der Waals surface area contributed by atoms with E-state index in [1.54, 1.807) is 12.1 Å². The van der Waals surface area contributed by atoms with Gasteiger partial charge in [0.05, 0.1) is 11.6 Å². The Bertz CT molecular complexity index is 589. The monoisotopic (exact) mass is 322 g/mol. The van der Waals surface area contributed by atoms with Crippen molar-refractivity contribution in [3.8, 4) is 0 Å². The first-order valence-electron chi connectivity index (χ1n) is 6.66. The van der Waals surface area contributed by atoms with Crippen LogP contribution in [0.4, 0.5) is 0 Å². The summed E-state index contributed by atoms with van der Waals surface area (Å²) in [5, 5.41) is 2.45. The van der Waals surface area contributed by atoms with E-state index in [1.807, 2.05) is 0 Å². The maximum Gasteiger partial charge on any atom is 0.256 e. The normalized spacial score (nSPS) is 11.4. The molecule has 118 valence electrons. The molecule has 0 fully saturated rings. The second kappa shape index (κ2) is 8.33. The van der Waals surface area contributed by atoms with E-state index in [0.717, 1.165) is 0 Å². The third-order valence-electron chi connectivity index (χ3n) is 3.34. The summed E-state index contributed by atoms with van der Waals surface area (Å²) in [6, 6.07) is 3.97. The molecule has 0 aliphatic heterocycles. The van der Waals surface area contributed by atoms with Crippen LogP contribution in [-0.2, 0) is 9.59 Å². The SMILES string of the molecule is CNC(=O)CCC(C=O)N(C)C(=O)c1c(S)cccc1C=O. The van der Waals surface area contributed by atoms with Gasteiger partial charge in [-0.1, -0.05) is 12.1 Å². The highest BCUT2D eigenvalue weighted by atomic mass is 32.1. The molecule has 2 amide bonds. The number of nitrogens with zero attached hydrogens (tertiary/aromatic N) is 1. The number of nitrogens with one attached hydrogen (secondary N) is 1. The molecule has 0 saturated carbocycles. The number of likely N-dealkylation sites (N-methyl/N-ethyl adjacent to an activating group) is 1. The quantitative estimate of drug-likeness (QED) is 0.578. The van der Waals surface area contributed by atoms with Gasteiger partial charge in [0.15, 0.2) is 6.29 Å². The van der Waals surface area contributed by atoms with Crippen LogP contribution in [-0.4, -0.2) is 49.4 Å². The minimum Gasteiger partial charge on any atom is -0.359 e. The Hall–Kier alpha value is -2.15. The topological polar surface area (TPSA) is 83.6 Å². The molecule has 0 heterocycles. The minimum absolute atomic E-state index is 0.126. The molecule has 0 aliphatic carbocycles. The molecule has 1 rings (SSSR count). The molecule has 1 unspecified atom stereocenters. The molecule has 1 aromatic rings. The van der Waals surface area contributed by atoms with Gasteiger partial charge in [-0.15, -0.1) is 12.6 Å². The van der Waals surface area contributed by atoms with Gasteiger partial charge in [0.2, 0.25) is 5.91 Å². The zero-order valence-corrected chi connectivity index (χ0v) is 13.3. The Morgan fingerprint density at radius 3 is 2.59 bits per heavy atom. The summed E-state index contributed by atoms with van der Waals surface area (Å²) in [7, 11) is 2.96. The molecule has 1 atom stereocenters. The highest BCUT2D eigenvalue weighted by Crippen LogP contribution is 2.20. The van der Waals surface area contributed by atoms with Crippen molar-refractivity contribution in [3.63, 3.8) is 0 Å². The van der Waals surface area contributed by atoms with E-state index < -0.39 is 11.9 Å². The van der Waals surface area contributed by atoms with Gasteiger partial charge >= 0.3 is 0 Å². The first-order chi connectivity index (χ1) is 10.5. The molecule has 1 aromatic carbocycles.